The summed E-state index contributed by atoms with van der Waals surface area (Å²) in [7, 11) is 0. The first kappa shape index (κ1) is 14.3. The van der Waals surface area contributed by atoms with Crippen LogP contribution in [0.1, 0.15) is 10.4 Å². The molecule has 4 nitrogen and oxygen atoms in total. The molecule has 2 aromatic carbocycles. The lowest BCUT2D eigenvalue weighted by Gasteiger charge is -2.07. The van der Waals surface area contributed by atoms with Crippen molar-refractivity contribution < 1.29 is 4.79 Å². The molecule has 0 spiro atoms. The molecule has 0 radical (unpaired) electrons. The van der Waals surface area contributed by atoms with Gasteiger partial charge in [-0.05, 0) is 81.0 Å². The van der Waals surface area contributed by atoms with Gasteiger partial charge in [-0.2, -0.15) is 0 Å². The molecule has 0 heterocycles. The van der Waals surface area contributed by atoms with E-state index in [0.717, 1.165) is 19.4 Å². The van der Waals surface area contributed by atoms with Crippen LogP contribution >= 0.6 is 38.5 Å². The quantitative estimate of drug-likeness (QED) is 0.395. The predicted octanol–water partition coefficient (Wildman–Crippen LogP) is 3.59. The second-order valence-electron chi connectivity index (χ2n) is 3.80. The lowest BCUT2D eigenvalue weighted by molar-refractivity contribution is 0.102. The number of hydrogen-bond donors (Lipinski definition) is 3. The van der Waals surface area contributed by atoms with Gasteiger partial charge in [0.05, 0.1) is 0 Å². The topological polar surface area (TPSA) is 67.1 Å². The zero-order valence-electron chi connectivity index (χ0n) is 9.78. The third-order valence-corrected chi connectivity index (χ3v) is 4.83. The van der Waals surface area contributed by atoms with Crippen molar-refractivity contribution in [3.63, 3.8) is 0 Å². The van der Waals surface area contributed by atoms with Crippen LogP contribution in [-0.4, -0.2) is 5.91 Å². The molecule has 98 valence electrons. The molecule has 0 aliphatic carbocycles. The van der Waals surface area contributed by atoms with Crippen LogP contribution in [-0.2, 0) is 0 Å². The second-order valence-corrected chi connectivity index (χ2v) is 5.82. The fourth-order valence-electron chi connectivity index (χ4n) is 1.49. The number of rotatable bonds is 3. The van der Waals surface area contributed by atoms with Crippen LogP contribution in [0, 0.1) is 3.57 Å². The Morgan fingerprint density at radius 1 is 1.11 bits per heavy atom. The largest absolute Gasteiger partial charge is 0.324 e. The highest BCUT2D eigenvalue weighted by molar-refractivity contribution is 14.1. The van der Waals surface area contributed by atoms with Crippen LogP contribution in [0.4, 0.5) is 11.4 Å². The molecular formula is C13H11BrIN3O. The lowest BCUT2D eigenvalue weighted by Crippen LogP contribution is -2.12. The molecule has 19 heavy (non-hydrogen) atoms. The number of anilines is 2. The summed E-state index contributed by atoms with van der Waals surface area (Å²) in [6.07, 6.45) is 0. The third-order valence-electron chi connectivity index (χ3n) is 2.49. The van der Waals surface area contributed by atoms with E-state index in [1.54, 1.807) is 24.3 Å². The minimum atomic E-state index is -0.156. The van der Waals surface area contributed by atoms with Gasteiger partial charge in [0.1, 0.15) is 0 Å². The smallest absolute Gasteiger partial charge is 0.255 e. The number of benzene rings is 2. The molecule has 4 N–H and O–H groups in total. The minimum absolute atomic E-state index is 0.156. The van der Waals surface area contributed by atoms with Crippen molar-refractivity contribution in [2.24, 2.45) is 5.84 Å². The number of halogens is 2. The van der Waals surface area contributed by atoms with Crippen LogP contribution in [0.3, 0.4) is 0 Å². The molecule has 0 saturated carbocycles. The Bertz CT molecular complexity index is 601. The molecule has 0 atom stereocenters. The van der Waals surface area contributed by atoms with Gasteiger partial charge in [0.2, 0.25) is 0 Å². The van der Waals surface area contributed by atoms with E-state index in [9.17, 15) is 4.79 Å². The first-order valence-electron chi connectivity index (χ1n) is 5.43. The molecule has 6 heteroatoms. The Morgan fingerprint density at radius 2 is 1.74 bits per heavy atom. The molecule has 0 fully saturated rings. The van der Waals surface area contributed by atoms with E-state index in [1.807, 2.05) is 18.2 Å². The second kappa shape index (κ2) is 6.36. The average molecular weight is 432 g/mol. The SMILES string of the molecule is NNc1ccc(C(=O)Nc2ccc(I)c(Br)c2)cc1. The minimum Gasteiger partial charge on any atom is -0.324 e. The van der Waals surface area contributed by atoms with E-state index < -0.39 is 0 Å². The van der Waals surface area contributed by atoms with Crippen molar-refractivity contribution in [2.45, 2.75) is 0 Å². The van der Waals surface area contributed by atoms with Gasteiger partial charge in [0.15, 0.2) is 0 Å². The van der Waals surface area contributed by atoms with E-state index in [2.05, 4.69) is 49.3 Å². The highest BCUT2D eigenvalue weighted by Crippen LogP contribution is 2.23. The summed E-state index contributed by atoms with van der Waals surface area (Å²) in [6.45, 7) is 0. The van der Waals surface area contributed by atoms with Gasteiger partial charge in [-0.3, -0.25) is 10.6 Å². The third kappa shape index (κ3) is 3.68. The first-order valence-corrected chi connectivity index (χ1v) is 7.30. The van der Waals surface area contributed by atoms with Gasteiger partial charge < -0.3 is 10.7 Å². The monoisotopic (exact) mass is 431 g/mol. The highest BCUT2D eigenvalue weighted by atomic mass is 127. The predicted molar refractivity (Wildman–Crippen MR) is 89.1 cm³/mol. The van der Waals surface area contributed by atoms with Crippen molar-refractivity contribution in [3.05, 3.63) is 56.1 Å². The summed E-state index contributed by atoms with van der Waals surface area (Å²) in [5.74, 6) is 5.12. The van der Waals surface area contributed by atoms with Crippen molar-refractivity contribution >= 4 is 55.8 Å². The molecule has 0 aliphatic rings. The number of nitrogens with two attached hydrogens (primary N) is 1. The van der Waals surface area contributed by atoms with Gasteiger partial charge in [-0.15, -0.1) is 0 Å². The zero-order chi connectivity index (χ0) is 13.8. The summed E-state index contributed by atoms with van der Waals surface area (Å²) < 4.78 is 2.04. The number of carbonyl (C=O) groups is 1. The number of hydrogen-bond acceptors (Lipinski definition) is 3. The molecule has 0 bridgehead atoms. The van der Waals surface area contributed by atoms with Crippen molar-refractivity contribution in [2.75, 3.05) is 10.7 Å². The van der Waals surface area contributed by atoms with E-state index in [1.165, 1.54) is 0 Å². The van der Waals surface area contributed by atoms with E-state index in [-0.39, 0.29) is 5.91 Å². The normalized spacial score (nSPS) is 10.1. The molecule has 0 saturated heterocycles. The summed E-state index contributed by atoms with van der Waals surface area (Å²) in [5, 5.41) is 2.84. The molecular weight excluding hydrogens is 421 g/mol. The first-order chi connectivity index (χ1) is 9.10. The van der Waals surface area contributed by atoms with Crippen LogP contribution < -0.4 is 16.6 Å². The number of hydrazine groups is 1. The standard InChI is InChI=1S/C13H11BrIN3O/c14-11-7-10(5-6-12(11)15)17-13(19)8-1-3-9(18-16)4-2-8/h1-7,18H,16H2,(H,17,19). The van der Waals surface area contributed by atoms with Crippen molar-refractivity contribution in [3.8, 4) is 0 Å². The number of nitrogens with one attached hydrogen (secondary N) is 2. The summed E-state index contributed by atoms with van der Waals surface area (Å²) in [5.41, 5.74) is 4.60. The van der Waals surface area contributed by atoms with Crippen molar-refractivity contribution in [1.82, 2.24) is 0 Å². The molecule has 0 aromatic heterocycles. The molecule has 0 aliphatic heterocycles. The Hall–Kier alpha value is -1.12. The molecule has 2 rings (SSSR count). The summed E-state index contributed by atoms with van der Waals surface area (Å²) in [4.78, 5) is 12.0. The maximum atomic E-state index is 12.0. The summed E-state index contributed by atoms with van der Waals surface area (Å²) in [6, 6.07) is 12.6. The Kier molecular flexibility index (Phi) is 4.78. The maximum Gasteiger partial charge on any atom is 0.255 e. The van der Waals surface area contributed by atoms with E-state index in [4.69, 9.17) is 5.84 Å². The van der Waals surface area contributed by atoms with Gasteiger partial charge in [0, 0.05) is 25.0 Å². The number of carbonyl (C=O) groups excluding carboxylic acids is 1. The lowest BCUT2D eigenvalue weighted by atomic mass is 10.2. The van der Waals surface area contributed by atoms with Crippen LogP contribution in [0.5, 0.6) is 0 Å². The van der Waals surface area contributed by atoms with E-state index >= 15 is 0 Å². The fraction of sp³-hybridized carbons (Fsp3) is 0. The highest BCUT2D eigenvalue weighted by Gasteiger charge is 2.07. The Balaban J connectivity index is 2.13. The fourth-order valence-corrected chi connectivity index (χ4v) is 2.21. The number of amides is 1. The Labute approximate surface area is 133 Å². The molecule has 2 aromatic rings. The maximum absolute atomic E-state index is 12.0. The zero-order valence-corrected chi connectivity index (χ0v) is 13.5. The summed E-state index contributed by atoms with van der Waals surface area (Å²) >= 11 is 5.65. The molecule has 0 unspecified atom stereocenters. The van der Waals surface area contributed by atoms with Gasteiger partial charge in [0.25, 0.3) is 5.91 Å². The van der Waals surface area contributed by atoms with E-state index in [0.29, 0.717) is 5.56 Å². The van der Waals surface area contributed by atoms with Gasteiger partial charge >= 0.3 is 0 Å². The van der Waals surface area contributed by atoms with Crippen LogP contribution in [0.15, 0.2) is 46.9 Å². The van der Waals surface area contributed by atoms with Gasteiger partial charge in [-0.1, -0.05) is 0 Å². The Morgan fingerprint density at radius 3 is 2.32 bits per heavy atom. The number of nitrogen functional groups attached to an aromatic ring is 1. The van der Waals surface area contributed by atoms with Crippen LogP contribution in [0.25, 0.3) is 0 Å². The van der Waals surface area contributed by atoms with Gasteiger partial charge in [-0.25, -0.2) is 0 Å². The molecule has 1 amide bonds. The van der Waals surface area contributed by atoms with Crippen LogP contribution in [0.2, 0.25) is 0 Å². The van der Waals surface area contributed by atoms with Crippen molar-refractivity contribution in [1.29, 1.82) is 0 Å². The average Bonchev–Trinajstić information content (AvgIpc) is 2.43.